The van der Waals surface area contributed by atoms with Crippen LogP contribution in [-0.2, 0) is 0 Å². The summed E-state index contributed by atoms with van der Waals surface area (Å²) >= 11 is 0. The van der Waals surface area contributed by atoms with E-state index >= 15 is 0 Å². The molecule has 0 aliphatic carbocycles. The maximum Gasteiger partial charge on any atom is 0.164 e. The van der Waals surface area contributed by atoms with Gasteiger partial charge in [0, 0.05) is 66.1 Å². The zero-order chi connectivity index (χ0) is 85.7. The van der Waals surface area contributed by atoms with E-state index in [0.29, 0.717) is 34.9 Å². The predicted molar refractivity (Wildman–Crippen MR) is 539 cm³/mol. The van der Waals surface area contributed by atoms with Crippen molar-refractivity contribution in [3.8, 4) is 135 Å². The van der Waals surface area contributed by atoms with Crippen molar-refractivity contribution in [2.45, 2.75) is 0 Å². The Balaban J connectivity index is 0.000000140. The summed E-state index contributed by atoms with van der Waals surface area (Å²) in [5.74, 6) is 3.58. The molecule has 0 atom stereocenters. The molecule has 0 saturated heterocycles. The molecule has 0 fully saturated rings. The quantitative estimate of drug-likeness (QED) is 0.111. The van der Waals surface area contributed by atoms with Crippen LogP contribution in [0.5, 0.6) is 0 Å². The average Bonchev–Trinajstić information content (AvgIpc) is 1.55. The minimum absolute atomic E-state index is 0.579. The summed E-state index contributed by atoms with van der Waals surface area (Å²) in [5.41, 5.74) is 21.8. The Morgan fingerprint density at radius 2 is 0.385 bits per heavy atom. The molecule has 0 N–H and O–H groups in total. The standard InChI is InChI=1S/2C61H37N3O/c1-3-12-38(13-4-1)39-22-30-45(31-23-39)60-62-59(44-16-5-2-6-17-44)63-61(64-60)51-20-11-21-56-57(51)55-37-48(46-32-28-42-26-24-40-14-7-9-18-49(40)52(42)34-46)36-54(58(55)65-56)47-33-29-43-27-25-41-15-8-10-19-50(41)53(43)35-47;1-3-12-38(13-4-1)39-22-26-43(27-23-39)60-62-59(42-16-5-2-6-17-42)63-61(64-60)53-20-11-21-56-57(53)55-37-48(44-30-32-51-45(34-44)28-24-40-14-7-9-18-49(40)51)36-54(58(55)65-56)47-31-33-52-46(35-47)29-25-41-15-8-10-19-50(41)52/h2*1-37H. The molecule has 130 heavy (non-hydrogen) atoms. The van der Waals surface area contributed by atoms with E-state index in [4.69, 9.17) is 38.7 Å². The Labute approximate surface area is 747 Å². The SMILES string of the molecule is c1ccc(-c2ccc(-c3nc(-c4ccccc4)nc(-c4cccc5oc6c(-c7ccc8c(ccc9ccccc98)c7)cc(-c7ccc8c(ccc9ccccc98)c7)cc6c45)n3)cc2)cc1.c1ccc(-c2ccc(-c3nc(-c4ccccc4)nc(-c4cccc5oc6c(-c7ccc8ccc9ccccc9c8c7)cc(-c7ccc8ccc9ccccc9c8c7)cc6c45)n3)cc2)cc1. The van der Waals surface area contributed by atoms with E-state index in [2.05, 4.69) is 364 Å². The predicted octanol–water partition coefficient (Wildman–Crippen LogP) is 32.8. The summed E-state index contributed by atoms with van der Waals surface area (Å²) in [6.07, 6.45) is 0. The molecule has 0 spiro atoms. The number of furan rings is 2. The zero-order valence-electron chi connectivity index (χ0n) is 70.2. The second kappa shape index (κ2) is 31.3. The Hall–Kier alpha value is -17.5. The van der Waals surface area contributed by atoms with Crippen LogP contribution in [0.15, 0.2) is 458 Å². The summed E-state index contributed by atoms with van der Waals surface area (Å²) in [6, 6.07) is 159. The van der Waals surface area contributed by atoms with E-state index in [0.717, 1.165) is 144 Å². The van der Waals surface area contributed by atoms with Crippen LogP contribution in [0.2, 0.25) is 0 Å². The highest BCUT2D eigenvalue weighted by atomic mass is 16.3. The molecule has 26 aromatic rings. The first-order chi connectivity index (χ1) is 64.4. The lowest BCUT2D eigenvalue weighted by molar-refractivity contribution is 0.669. The molecule has 604 valence electrons. The Kier molecular flexibility index (Phi) is 18.1. The number of nitrogens with zero attached hydrogens (tertiary/aromatic N) is 6. The van der Waals surface area contributed by atoms with Gasteiger partial charge in [0.15, 0.2) is 34.9 Å². The zero-order valence-corrected chi connectivity index (χ0v) is 70.2. The van der Waals surface area contributed by atoms with Crippen molar-refractivity contribution < 1.29 is 8.83 Å². The Bertz CT molecular complexity index is 9030. The third-order valence-corrected chi connectivity index (χ3v) is 25.8. The van der Waals surface area contributed by atoms with E-state index in [1.165, 1.54) is 86.2 Å². The maximum absolute atomic E-state index is 7.03. The number of benzene rings is 22. The van der Waals surface area contributed by atoms with Gasteiger partial charge >= 0.3 is 0 Å². The Morgan fingerprint density at radius 1 is 0.131 bits per heavy atom. The van der Waals surface area contributed by atoms with E-state index in [1.807, 2.05) is 84.9 Å². The van der Waals surface area contributed by atoms with Crippen LogP contribution in [0.1, 0.15) is 0 Å². The summed E-state index contributed by atoms with van der Waals surface area (Å²) in [6.45, 7) is 0. The summed E-state index contributed by atoms with van der Waals surface area (Å²) < 4.78 is 14.0. The Morgan fingerprint density at radius 3 is 0.800 bits per heavy atom. The van der Waals surface area contributed by atoms with Crippen molar-refractivity contribution >= 4 is 130 Å². The molecule has 0 amide bonds. The molecule has 22 aromatic carbocycles. The monoisotopic (exact) mass is 1650 g/mol. The molecule has 4 aromatic heterocycles. The third kappa shape index (κ3) is 13.4. The molecule has 8 heteroatoms. The van der Waals surface area contributed by atoms with E-state index in [9.17, 15) is 0 Å². The molecule has 0 unspecified atom stereocenters. The number of fused-ring (bicyclic) bond motifs is 18. The molecule has 26 rings (SSSR count). The fourth-order valence-electron chi connectivity index (χ4n) is 19.3. The van der Waals surface area contributed by atoms with Crippen molar-refractivity contribution in [1.29, 1.82) is 0 Å². The van der Waals surface area contributed by atoms with Crippen molar-refractivity contribution in [3.05, 3.63) is 449 Å². The highest BCUT2D eigenvalue weighted by Crippen LogP contribution is 2.48. The van der Waals surface area contributed by atoms with Crippen LogP contribution in [-0.4, -0.2) is 29.9 Å². The molecule has 0 aliphatic heterocycles. The van der Waals surface area contributed by atoms with E-state index in [1.54, 1.807) is 0 Å². The summed E-state index contributed by atoms with van der Waals surface area (Å²) in [5, 5.41) is 23.4. The van der Waals surface area contributed by atoms with Crippen molar-refractivity contribution in [2.75, 3.05) is 0 Å². The molecule has 0 saturated carbocycles. The van der Waals surface area contributed by atoms with E-state index < -0.39 is 0 Å². The van der Waals surface area contributed by atoms with Gasteiger partial charge in [-0.15, -0.1) is 0 Å². The molecule has 4 heterocycles. The van der Waals surface area contributed by atoms with Gasteiger partial charge in [-0.3, -0.25) is 0 Å². The van der Waals surface area contributed by atoms with Gasteiger partial charge in [-0.1, -0.05) is 388 Å². The average molecular weight is 1660 g/mol. The lowest BCUT2D eigenvalue weighted by Gasteiger charge is -2.12. The summed E-state index contributed by atoms with van der Waals surface area (Å²) in [4.78, 5) is 31.1. The minimum atomic E-state index is 0.579. The number of hydrogen-bond acceptors (Lipinski definition) is 8. The first kappa shape index (κ1) is 75.1. The van der Waals surface area contributed by atoms with Gasteiger partial charge in [0.1, 0.15) is 22.3 Å². The molecule has 0 radical (unpaired) electrons. The first-order valence-electron chi connectivity index (χ1n) is 44.0. The second-order valence-electron chi connectivity index (χ2n) is 33.5. The third-order valence-electron chi connectivity index (χ3n) is 25.8. The maximum atomic E-state index is 7.03. The van der Waals surface area contributed by atoms with Gasteiger partial charge in [0.25, 0.3) is 0 Å². The fraction of sp³-hybridized carbons (Fsp3) is 0. The normalized spacial score (nSPS) is 11.7. The van der Waals surface area contributed by atoms with Gasteiger partial charge in [-0.25, -0.2) is 29.9 Å². The highest BCUT2D eigenvalue weighted by molar-refractivity contribution is 6.21. The fourth-order valence-corrected chi connectivity index (χ4v) is 19.3. The summed E-state index contributed by atoms with van der Waals surface area (Å²) in [7, 11) is 0. The van der Waals surface area contributed by atoms with Crippen LogP contribution in [0.4, 0.5) is 0 Å². The largest absolute Gasteiger partial charge is 0.455 e. The van der Waals surface area contributed by atoms with Crippen LogP contribution < -0.4 is 0 Å². The number of aromatic nitrogens is 6. The molecular formula is C122H74N6O2. The lowest BCUT2D eigenvalue weighted by Crippen LogP contribution is -2.00. The second-order valence-corrected chi connectivity index (χ2v) is 33.5. The van der Waals surface area contributed by atoms with Crippen molar-refractivity contribution in [3.63, 3.8) is 0 Å². The van der Waals surface area contributed by atoms with Gasteiger partial charge in [-0.2, -0.15) is 0 Å². The molecule has 0 aliphatic rings. The molecule has 0 bridgehead atoms. The number of hydrogen-bond donors (Lipinski definition) is 0. The smallest absolute Gasteiger partial charge is 0.164 e. The van der Waals surface area contributed by atoms with E-state index in [-0.39, 0.29) is 0 Å². The number of rotatable bonds is 12. The lowest BCUT2D eigenvalue weighted by atomic mass is 9.91. The van der Waals surface area contributed by atoms with Crippen molar-refractivity contribution in [1.82, 2.24) is 29.9 Å². The molecular weight excluding hydrogens is 1580 g/mol. The van der Waals surface area contributed by atoms with Crippen LogP contribution in [0.3, 0.4) is 0 Å². The van der Waals surface area contributed by atoms with Gasteiger partial charge < -0.3 is 8.83 Å². The first-order valence-corrected chi connectivity index (χ1v) is 44.0. The molecule has 8 nitrogen and oxygen atoms in total. The van der Waals surface area contributed by atoms with Gasteiger partial charge in [-0.05, 0) is 202 Å². The highest BCUT2D eigenvalue weighted by Gasteiger charge is 2.26. The van der Waals surface area contributed by atoms with Crippen LogP contribution in [0, 0.1) is 0 Å². The van der Waals surface area contributed by atoms with Crippen molar-refractivity contribution in [2.24, 2.45) is 0 Å². The van der Waals surface area contributed by atoms with Crippen LogP contribution >= 0.6 is 0 Å². The van der Waals surface area contributed by atoms with Crippen LogP contribution in [0.25, 0.3) is 265 Å². The topological polar surface area (TPSA) is 104 Å². The van der Waals surface area contributed by atoms with Gasteiger partial charge in [0.2, 0.25) is 0 Å². The van der Waals surface area contributed by atoms with Gasteiger partial charge in [0.05, 0.1) is 0 Å². The minimum Gasteiger partial charge on any atom is -0.455 e.